The highest BCUT2D eigenvalue weighted by atomic mass is 16.6. The Labute approximate surface area is 90.6 Å². The van der Waals surface area contributed by atoms with Gasteiger partial charge in [0.25, 0.3) is 0 Å². The van der Waals surface area contributed by atoms with Gasteiger partial charge in [-0.25, -0.2) is 4.79 Å². The Morgan fingerprint density at radius 1 is 1.67 bits per heavy atom. The molecular formula is C11H18N2O2. The first-order valence-corrected chi connectivity index (χ1v) is 5.17. The van der Waals surface area contributed by atoms with Crippen LogP contribution in [0, 0.1) is 17.2 Å². The Kier molecular flexibility index (Phi) is 2.94. The van der Waals surface area contributed by atoms with Gasteiger partial charge in [-0.3, -0.25) is 0 Å². The van der Waals surface area contributed by atoms with E-state index in [0.29, 0.717) is 12.3 Å². The average Bonchev–Trinajstić information content (AvgIpc) is 2.56. The van der Waals surface area contributed by atoms with E-state index in [9.17, 15) is 4.79 Å². The lowest BCUT2D eigenvalue weighted by atomic mass is 10.1. The molecule has 2 unspecified atom stereocenters. The third-order valence-electron chi connectivity index (χ3n) is 2.60. The van der Waals surface area contributed by atoms with Crippen LogP contribution in [0.2, 0.25) is 0 Å². The summed E-state index contributed by atoms with van der Waals surface area (Å²) in [6.07, 6.45) is 0.787. The first-order valence-electron chi connectivity index (χ1n) is 5.17. The molecule has 1 aliphatic rings. The van der Waals surface area contributed by atoms with Crippen LogP contribution in [0.5, 0.6) is 0 Å². The van der Waals surface area contributed by atoms with E-state index in [1.165, 1.54) is 0 Å². The predicted octanol–water partition coefficient (Wildman–Crippen LogP) is 2.20. The Bertz CT molecular complexity index is 301. The number of nitrogens with one attached hydrogen (secondary N) is 1. The van der Waals surface area contributed by atoms with Gasteiger partial charge in [0.05, 0.1) is 18.0 Å². The normalized spacial score (nSPS) is 29.1. The standard InChI is InChI=1S/C11H18N2O2/c1-8-7-11(8,5-6-12)13-9(14)15-10(2,3)4/h8H,5,7H2,1-4H3,(H,13,14). The van der Waals surface area contributed by atoms with Crippen molar-refractivity contribution in [3.05, 3.63) is 0 Å². The molecule has 0 aliphatic heterocycles. The van der Waals surface area contributed by atoms with E-state index in [-0.39, 0.29) is 5.54 Å². The molecule has 0 saturated heterocycles. The third-order valence-corrected chi connectivity index (χ3v) is 2.60. The van der Waals surface area contributed by atoms with Crippen molar-refractivity contribution in [2.45, 2.75) is 51.7 Å². The Balaban J connectivity index is 2.48. The third kappa shape index (κ3) is 3.12. The minimum Gasteiger partial charge on any atom is -0.444 e. The zero-order chi connectivity index (χ0) is 11.7. The van der Waals surface area contributed by atoms with Crippen LogP contribution in [0.4, 0.5) is 4.79 Å². The smallest absolute Gasteiger partial charge is 0.408 e. The molecule has 4 nitrogen and oxygen atoms in total. The quantitative estimate of drug-likeness (QED) is 0.760. The number of carbonyl (C=O) groups excluding carboxylic acids is 1. The van der Waals surface area contributed by atoms with Crippen molar-refractivity contribution in [3.8, 4) is 6.07 Å². The molecule has 0 aromatic carbocycles. The SMILES string of the molecule is CC1CC1(CC#N)NC(=O)OC(C)(C)C. The van der Waals surface area contributed by atoms with Crippen molar-refractivity contribution in [2.24, 2.45) is 5.92 Å². The minimum absolute atomic E-state index is 0.336. The van der Waals surface area contributed by atoms with Crippen LogP contribution in [0.3, 0.4) is 0 Å². The number of hydrogen-bond acceptors (Lipinski definition) is 3. The van der Waals surface area contributed by atoms with E-state index < -0.39 is 11.7 Å². The molecule has 84 valence electrons. The van der Waals surface area contributed by atoms with Crippen LogP contribution in [0.25, 0.3) is 0 Å². The number of nitriles is 1. The summed E-state index contributed by atoms with van der Waals surface area (Å²) in [7, 11) is 0. The highest BCUT2D eigenvalue weighted by Gasteiger charge is 2.52. The lowest BCUT2D eigenvalue weighted by Gasteiger charge is -2.22. The molecule has 0 aromatic heterocycles. The topological polar surface area (TPSA) is 62.1 Å². The lowest BCUT2D eigenvalue weighted by Crippen LogP contribution is -2.41. The molecule has 2 atom stereocenters. The molecule has 0 spiro atoms. The molecule has 0 aromatic rings. The molecule has 1 fully saturated rings. The number of nitrogens with zero attached hydrogens (tertiary/aromatic N) is 1. The molecule has 1 amide bonds. The largest absolute Gasteiger partial charge is 0.444 e. The highest BCUT2D eigenvalue weighted by molar-refractivity contribution is 5.69. The fourth-order valence-corrected chi connectivity index (χ4v) is 1.60. The molecule has 1 saturated carbocycles. The molecule has 1 rings (SSSR count). The van der Waals surface area contributed by atoms with E-state index in [4.69, 9.17) is 10.00 Å². The summed E-state index contributed by atoms with van der Waals surface area (Å²) in [5, 5.41) is 11.5. The number of carbonyl (C=O) groups is 1. The van der Waals surface area contributed by atoms with Crippen LogP contribution in [-0.4, -0.2) is 17.2 Å². The Morgan fingerprint density at radius 3 is 2.53 bits per heavy atom. The summed E-state index contributed by atoms with van der Waals surface area (Å²) in [6, 6.07) is 2.10. The van der Waals surface area contributed by atoms with Crippen molar-refractivity contribution in [1.29, 1.82) is 5.26 Å². The van der Waals surface area contributed by atoms with Gasteiger partial charge in [0.2, 0.25) is 0 Å². The molecule has 4 heteroatoms. The predicted molar refractivity (Wildman–Crippen MR) is 56.1 cm³/mol. The highest BCUT2D eigenvalue weighted by Crippen LogP contribution is 2.45. The van der Waals surface area contributed by atoms with Gasteiger partial charge in [0.1, 0.15) is 5.60 Å². The molecule has 15 heavy (non-hydrogen) atoms. The van der Waals surface area contributed by atoms with Crippen molar-refractivity contribution in [1.82, 2.24) is 5.32 Å². The van der Waals surface area contributed by atoms with Crippen LogP contribution in [-0.2, 0) is 4.74 Å². The van der Waals surface area contributed by atoms with Crippen LogP contribution < -0.4 is 5.32 Å². The summed E-state index contributed by atoms with van der Waals surface area (Å²) in [4.78, 5) is 11.5. The van der Waals surface area contributed by atoms with Gasteiger partial charge < -0.3 is 10.1 Å². The zero-order valence-electron chi connectivity index (χ0n) is 9.76. The van der Waals surface area contributed by atoms with Crippen molar-refractivity contribution in [2.75, 3.05) is 0 Å². The van der Waals surface area contributed by atoms with E-state index in [0.717, 1.165) is 6.42 Å². The summed E-state index contributed by atoms with van der Waals surface area (Å²) < 4.78 is 5.15. The maximum absolute atomic E-state index is 11.5. The Morgan fingerprint density at radius 2 is 2.20 bits per heavy atom. The summed E-state index contributed by atoms with van der Waals surface area (Å²) in [5.41, 5.74) is -0.826. The van der Waals surface area contributed by atoms with Gasteiger partial charge in [0, 0.05) is 0 Å². The Hall–Kier alpha value is -1.24. The second-order valence-electron chi connectivity index (χ2n) is 5.22. The van der Waals surface area contributed by atoms with Gasteiger partial charge in [-0.15, -0.1) is 0 Å². The van der Waals surface area contributed by atoms with E-state index >= 15 is 0 Å². The van der Waals surface area contributed by atoms with Crippen LogP contribution in [0.1, 0.15) is 40.5 Å². The summed E-state index contributed by atoms with van der Waals surface area (Å²) >= 11 is 0. The fourth-order valence-electron chi connectivity index (χ4n) is 1.60. The van der Waals surface area contributed by atoms with Gasteiger partial charge in [-0.1, -0.05) is 6.92 Å². The first-order chi connectivity index (χ1) is 6.79. The minimum atomic E-state index is -0.490. The zero-order valence-corrected chi connectivity index (χ0v) is 9.76. The number of ether oxygens (including phenoxy) is 1. The lowest BCUT2D eigenvalue weighted by molar-refractivity contribution is 0.0493. The van der Waals surface area contributed by atoms with E-state index in [1.54, 1.807) is 0 Å². The molecule has 1 aliphatic carbocycles. The van der Waals surface area contributed by atoms with E-state index in [2.05, 4.69) is 11.4 Å². The molecule has 1 N–H and O–H groups in total. The fraction of sp³-hybridized carbons (Fsp3) is 0.818. The maximum atomic E-state index is 11.5. The van der Waals surface area contributed by atoms with Gasteiger partial charge in [0.15, 0.2) is 0 Å². The van der Waals surface area contributed by atoms with Gasteiger partial charge in [-0.2, -0.15) is 5.26 Å². The van der Waals surface area contributed by atoms with Crippen molar-refractivity contribution in [3.63, 3.8) is 0 Å². The number of rotatable bonds is 2. The van der Waals surface area contributed by atoms with Gasteiger partial charge in [-0.05, 0) is 33.1 Å². The maximum Gasteiger partial charge on any atom is 0.408 e. The van der Waals surface area contributed by atoms with Crippen molar-refractivity contribution >= 4 is 6.09 Å². The van der Waals surface area contributed by atoms with Gasteiger partial charge >= 0.3 is 6.09 Å². The second-order valence-corrected chi connectivity index (χ2v) is 5.22. The molecule has 0 radical (unpaired) electrons. The van der Waals surface area contributed by atoms with Crippen LogP contribution >= 0.6 is 0 Å². The molecular weight excluding hydrogens is 192 g/mol. The number of hydrogen-bond donors (Lipinski definition) is 1. The van der Waals surface area contributed by atoms with Crippen LogP contribution in [0.15, 0.2) is 0 Å². The monoisotopic (exact) mass is 210 g/mol. The summed E-state index contributed by atoms with van der Waals surface area (Å²) in [6.45, 7) is 7.48. The molecule has 0 heterocycles. The van der Waals surface area contributed by atoms with E-state index in [1.807, 2.05) is 27.7 Å². The van der Waals surface area contributed by atoms with Crippen molar-refractivity contribution < 1.29 is 9.53 Å². The first kappa shape index (κ1) is 11.8. The number of alkyl carbamates (subject to hydrolysis) is 1. The molecule has 0 bridgehead atoms. The second kappa shape index (κ2) is 3.73. The number of amides is 1. The average molecular weight is 210 g/mol. The summed E-state index contributed by atoms with van der Waals surface area (Å²) in [5.74, 6) is 0.365.